The van der Waals surface area contributed by atoms with Gasteiger partial charge in [-0.3, -0.25) is 0 Å². The van der Waals surface area contributed by atoms with Crippen molar-refractivity contribution in [1.29, 1.82) is 0 Å². The van der Waals surface area contributed by atoms with Crippen LogP contribution in [0, 0.1) is 20.8 Å². The summed E-state index contributed by atoms with van der Waals surface area (Å²) >= 11 is 0. The zero-order valence-electron chi connectivity index (χ0n) is 39.1. The fourth-order valence-electron chi connectivity index (χ4n) is 11.5. The SMILES string of the molecule is Cc1c(-n2c[n+](Cc3cccc4ccccc34)c3ccccc32)c(C)c(-n2c[n+](Cc3cccc4ccccc34)c3ccccc32)c(C)c1-n1c[n+](Cc2cccc3ccccc23)c2ccccc21. The lowest BCUT2D eigenvalue weighted by Crippen LogP contribution is -2.33. The van der Waals surface area contributed by atoms with Crippen molar-refractivity contribution in [2.24, 2.45) is 0 Å². The van der Waals surface area contributed by atoms with Crippen molar-refractivity contribution in [2.75, 3.05) is 0 Å². The Bertz CT molecular complexity index is 3700. The number of nitrogens with zero attached hydrogens (tertiary/aromatic N) is 6. The molecule has 0 radical (unpaired) electrons. The van der Waals surface area contributed by atoms with E-state index in [1.807, 2.05) is 0 Å². The summed E-state index contributed by atoms with van der Waals surface area (Å²) in [6.45, 7) is 9.21. The van der Waals surface area contributed by atoms with E-state index in [0.29, 0.717) is 0 Å². The van der Waals surface area contributed by atoms with Crippen molar-refractivity contribution in [3.8, 4) is 17.1 Å². The number of aromatic nitrogens is 6. The molecule has 0 unspecified atom stereocenters. The van der Waals surface area contributed by atoms with Gasteiger partial charge in [0.1, 0.15) is 36.7 Å². The maximum atomic E-state index is 2.46. The molecule has 13 rings (SSSR count). The standard InChI is InChI=1S/C63H51N6/c1-43-61(67-40-64(55-31-10-13-34-58(55)67)37-49-25-16-22-46-19-4-7-28-52(46)49)44(2)63(69-42-66(57-33-12-15-36-60(57)69)39-51-27-18-24-48-21-6-9-30-54(48)51)45(3)62(43)68-41-65(56-32-11-14-35-59(56)68)38-50-26-17-23-47-20-5-8-29-53(47)50/h4-36,40-42H,37-39H2,1-3H3/q+3. The normalized spacial score (nSPS) is 11.9. The third-order valence-electron chi connectivity index (χ3n) is 14.6. The van der Waals surface area contributed by atoms with Crippen LogP contribution in [0.5, 0.6) is 0 Å². The first kappa shape index (κ1) is 40.6. The molecule has 0 saturated heterocycles. The van der Waals surface area contributed by atoms with Crippen LogP contribution in [-0.2, 0) is 19.6 Å². The van der Waals surface area contributed by atoms with Crippen molar-refractivity contribution < 1.29 is 13.7 Å². The molecule has 13 aromatic rings. The fourth-order valence-corrected chi connectivity index (χ4v) is 11.5. The molecule has 6 nitrogen and oxygen atoms in total. The predicted octanol–water partition coefficient (Wildman–Crippen LogP) is 12.9. The molecule has 0 amide bonds. The minimum absolute atomic E-state index is 0.741. The van der Waals surface area contributed by atoms with Gasteiger partial charge >= 0.3 is 0 Å². The van der Waals surface area contributed by atoms with Crippen LogP contribution in [0.25, 0.3) is 82.5 Å². The molecule has 0 N–H and O–H groups in total. The highest BCUT2D eigenvalue weighted by Gasteiger charge is 2.34. The van der Waals surface area contributed by atoms with Crippen molar-refractivity contribution in [2.45, 2.75) is 40.4 Å². The summed E-state index contributed by atoms with van der Waals surface area (Å²) in [6, 6.07) is 72.9. The molecule has 69 heavy (non-hydrogen) atoms. The van der Waals surface area contributed by atoms with Crippen molar-refractivity contribution in [3.05, 3.63) is 253 Å². The highest BCUT2D eigenvalue weighted by Crippen LogP contribution is 2.39. The Labute approximate surface area is 401 Å². The van der Waals surface area contributed by atoms with E-state index < -0.39 is 0 Å². The van der Waals surface area contributed by atoms with Crippen LogP contribution >= 0.6 is 0 Å². The van der Waals surface area contributed by atoms with Crippen LogP contribution in [0.1, 0.15) is 33.4 Å². The maximum absolute atomic E-state index is 2.46. The van der Waals surface area contributed by atoms with Gasteiger partial charge in [0.15, 0.2) is 33.1 Å². The second-order valence-electron chi connectivity index (χ2n) is 18.6. The third kappa shape index (κ3) is 6.66. The number of hydrogen-bond donors (Lipinski definition) is 0. The van der Waals surface area contributed by atoms with E-state index in [2.05, 4.69) is 267 Å². The lowest BCUT2D eigenvalue weighted by molar-refractivity contribution is -0.662. The van der Waals surface area contributed by atoms with Crippen LogP contribution in [0.4, 0.5) is 0 Å². The molecule has 0 fully saturated rings. The van der Waals surface area contributed by atoms with Crippen molar-refractivity contribution in [3.63, 3.8) is 0 Å². The summed E-state index contributed by atoms with van der Waals surface area (Å²) < 4.78 is 14.7. The van der Waals surface area contributed by atoms with E-state index in [1.165, 1.54) is 99.3 Å². The second kappa shape index (κ2) is 16.3. The van der Waals surface area contributed by atoms with Gasteiger partial charge in [-0.1, -0.05) is 164 Å². The number of rotatable bonds is 9. The molecule has 3 heterocycles. The van der Waals surface area contributed by atoms with Gasteiger partial charge in [-0.2, -0.15) is 13.7 Å². The smallest absolute Gasteiger partial charge is 0.225 e. The van der Waals surface area contributed by atoms with Gasteiger partial charge in [0, 0.05) is 33.4 Å². The average molecular weight is 892 g/mol. The molecule has 0 aliphatic carbocycles. The van der Waals surface area contributed by atoms with Gasteiger partial charge in [0.25, 0.3) is 0 Å². The van der Waals surface area contributed by atoms with E-state index in [-0.39, 0.29) is 0 Å². The predicted molar refractivity (Wildman–Crippen MR) is 281 cm³/mol. The van der Waals surface area contributed by atoms with E-state index in [4.69, 9.17) is 0 Å². The molecule has 3 aromatic heterocycles. The molecule has 0 aliphatic rings. The highest BCUT2D eigenvalue weighted by atomic mass is 15.2. The summed E-state index contributed by atoms with van der Waals surface area (Å²) in [7, 11) is 0. The van der Waals surface area contributed by atoms with Crippen molar-refractivity contribution >= 4 is 65.4 Å². The van der Waals surface area contributed by atoms with Crippen LogP contribution in [0.3, 0.4) is 0 Å². The van der Waals surface area contributed by atoms with E-state index in [1.54, 1.807) is 0 Å². The third-order valence-corrected chi connectivity index (χ3v) is 14.6. The van der Waals surface area contributed by atoms with Crippen LogP contribution in [0.15, 0.2) is 219 Å². The first-order valence-electron chi connectivity index (χ1n) is 24.0. The zero-order valence-corrected chi connectivity index (χ0v) is 39.1. The summed E-state index contributed by atoms with van der Waals surface area (Å²) in [6.07, 6.45) is 7.02. The average Bonchev–Trinajstić information content (AvgIpc) is 4.06. The Morgan fingerprint density at radius 2 is 0.551 bits per heavy atom. The number of para-hydroxylation sites is 6. The first-order chi connectivity index (χ1) is 34.0. The molecule has 0 atom stereocenters. The molecule has 10 aromatic carbocycles. The van der Waals surface area contributed by atoms with Crippen molar-refractivity contribution in [1.82, 2.24) is 13.7 Å². The monoisotopic (exact) mass is 891 g/mol. The van der Waals surface area contributed by atoms with Crippen LogP contribution in [-0.4, -0.2) is 13.7 Å². The van der Waals surface area contributed by atoms with E-state index in [9.17, 15) is 0 Å². The Morgan fingerprint density at radius 1 is 0.290 bits per heavy atom. The molecular formula is C63H51N6+3. The summed E-state index contributed by atoms with van der Waals surface area (Å²) in [5.41, 5.74) is 18.1. The zero-order chi connectivity index (χ0) is 46.2. The number of hydrogen-bond acceptors (Lipinski definition) is 0. The van der Waals surface area contributed by atoms with E-state index >= 15 is 0 Å². The van der Waals surface area contributed by atoms with Gasteiger partial charge in [-0.05, 0) is 89.5 Å². The number of benzene rings is 10. The fraction of sp³-hybridized carbons (Fsp3) is 0.0952. The van der Waals surface area contributed by atoms with Crippen LogP contribution < -0.4 is 13.7 Å². The second-order valence-corrected chi connectivity index (χ2v) is 18.6. The van der Waals surface area contributed by atoms with Gasteiger partial charge in [-0.25, -0.2) is 13.7 Å². The molecule has 0 spiro atoms. The Kier molecular flexibility index (Phi) is 9.61. The minimum atomic E-state index is 0.741. The molecule has 0 aliphatic heterocycles. The van der Waals surface area contributed by atoms with Gasteiger partial charge in [0.05, 0.1) is 0 Å². The lowest BCUT2D eigenvalue weighted by Gasteiger charge is -2.17. The molecule has 0 bridgehead atoms. The largest absolute Gasteiger partial charge is 0.250 e. The Hall–Kier alpha value is -8.61. The molecule has 0 saturated carbocycles. The molecule has 330 valence electrons. The summed E-state index contributed by atoms with van der Waals surface area (Å²) in [5, 5.41) is 7.61. The van der Waals surface area contributed by atoms with Gasteiger partial charge < -0.3 is 0 Å². The topological polar surface area (TPSA) is 26.4 Å². The quantitative estimate of drug-likeness (QED) is 0.129. The Balaban J connectivity index is 1.07. The number of imidazole rings is 3. The lowest BCUT2D eigenvalue weighted by atomic mass is 9.97. The molecular weight excluding hydrogens is 841 g/mol. The van der Waals surface area contributed by atoms with E-state index in [0.717, 1.165) is 36.2 Å². The van der Waals surface area contributed by atoms with Gasteiger partial charge in [-0.15, -0.1) is 0 Å². The first-order valence-corrected chi connectivity index (χ1v) is 24.0. The maximum Gasteiger partial charge on any atom is 0.250 e. The van der Waals surface area contributed by atoms with Crippen LogP contribution in [0.2, 0.25) is 0 Å². The van der Waals surface area contributed by atoms with Gasteiger partial charge in [0.2, 0.25) is 19.0 Å². The Morgan fingerprint density at radius 3 is 0.870 bits per heavy atom. The number of fused-ring (bicyclic) bond motifs is 6. The molecule has 6 heteroatoms. The minimum Gasteiger partial charge on any atom is -0.225 e. The summed E-state index contributed by atoms with van der Waals surface area (Å²) in [4.78, 5) is 0. The highest BCUT2D eigenvalue weighted by molar-refractivity contribution is 5.88. The summed E-state index contributed by atoms with van der Waals surface area (Å²) in [5.74, 6) is 0.